The minimum Gasteiger partial charge on any atom is -0.398 e. The number of nitrogens with two attached hydrogens (primary N) is 2. The molecule has 0 fully saturated rings. The first-order chi connectivity index (χ1) is 18.7. The number of halogens is 6. The van der Waals surface area contributed by atoms with Crippen molar-refractivity contribution in [2.24, 2.45) is 0 Å². The summed E-state index contributed by atoms with van der Waals surface area (Å²) in [5, 5.41) is 5.05. The van der Waals surface area contributed by atoms with E-state index in [2.05, 4.69) is 10.6 Å². The summed E-state index contributed by atoms with van der Waals surface area (Å²) in [5.74, 6) is -1.50. The second-order valence-electron chi connectivity index (χ2n) is 8.66. The molecular weight excluding hydrogens is 538 g/mol. The van der Waals surface area contributed by atoms with Crippen LogP contribution in [0.3, 0.4) is 0 Å². The van der Waals surface area contributed by atoms with Crippen molar-refractivity contribution in [1.82, 2.24) is 0 Å². The highest BCUT2D eigenvalue weighted by Gasteiger charge is 2.34. The Morgan fingerprint density at radius 3 is 1.15 bits per heavy atom. The number of anilines is 4. The molecule has 6 N–H and O–H groups in total. The maximum absolute atomic E-state index is 13.1. The van der Waals surface area contributed by atoms with Crippen molar-refractivity contribution in [3.05, 3.63) is 107 Å². The molecule has 2 amide bonds. The van der Waals surface area contributed by atoms with E-state index in [0.29, 0.717) is 23.5 Å². The third-order valence-corrected chi connectivity index (χ3v) is 5.86. The lowest BCUT2D eigenvalue weighted by atomic mass is 10.0. The topological polar surface area (TPSA) is 110 Å². The van der Waals surface area contributed by atoms with E-state index in [1.165, 1.54) is 12.1 Å². The molecule has 4 aromatic carbocycles. The van der Waals surface area contributed by atoms with Gasteiger partial charge < -0.3 is 22.1 Å². The molecule has 0 heterocycles. The van der Waals surface area contributed by atoms with Crippen molar-refractivity contribution in [2.45, 2.75) is 12.4 Å². The zero-order chi connectivity index (χ0) is 29.2. The SMILES string of the molecule is Nc1ccc(C(=O)Nc2ccc(-c3ccc(NC(=O)c4ccc(N)c(C(F)(F)F)c4)cc3)cc2)cc1C(F)(F)F. The van der Waals surface area contributed by atoms with Crippen LogP contribution in [-0.4, -0.2) is 11.8 Å². The minimum absolute atomic E-state index is 0.211. The van der Waals surface area contributed by atoms with Gasteiger partial charge in [0.05, 0.1) is 11.1 Å². The molecule has 0 atom stereocenters. The lowest BCUT2D eigenvalue weighted by molar-refractivity contribution is -0.137. The average Bonchev–Trinajstić information content (AvgIpc) is 2.88. The Hall–Kier alpha value is -5.00. The number of hydrogen-bond donors (Lipinski definition) is 4. The first-order valence-corrected chi connectivity index (χ1v) is 11.5. The van der Waals surface area contributed by atoms with Crippen molar-refractivity contribution < 1.29 is 35.9 Å². The molecule has 0 aliphatic carbocycles. The van der Waals surface area contributed by atoms with Crippen LogP contribution in [0, 0.1) is 0 Å². The molecule has 0 aromatic heterocycles. The summed E-state index contributed by atoms with van der Waals surface area (Å²) >= 11 is 0. The van der Waals surface area contributed by atoms with E-state index in [9.17, 15) is 35.9 Å². The molecular formula is C28H20F6N4O2. The maximum atomic E-state index is 13.1. The van der Waals surface area contributed by atoms with Gasteiger partial charge in [0.15, 0.2) is 0 Å². The molecule has 0 saturated heterocycles. The summed E-state index contributed by atoms with van der Waals surface area (Å²) in [6.07, 6.45) is -9.40. The van der Waals surface area contributed by atoms with Gasteiger partial charge in [0.2, 0.25) is 0 Å². The smallest absolute Gasteiger partial charge is 0.398 e. The number of nitrogen functional groups attached to an aromatic ring is 2. The number of rotatable bonds is 5. The molecule has 0 radical (unpaired) electrons. The summed E-state index contributed by atoms with van der Waals surface area (Å²) in [5.41, 5.74) is 9.25. The summed E-state index contributed by atoms with van der Waals surface area (Å²) < 4.78 is 78.5. The number of hydrogen-bond acceptors (Lipinski definition) is 4. The average molecular weight is 558 g/mol. The molecule has 4 aromatic rings. The van der Waals surface area contributed by atoms with Crippen LogP contribution in [0.25, 0.3) is 11.1 Å². The molecule has 0 aliphatic heterocycles. The Morgan fingerprint density at radius 2 is 0.850 bits per heavy atom. The fourth-order valence-corrected chi connectivity index (χ4v) is 3.78. The summed E-state index contributed by atoms with van der Waals surface area (Å²) in [7, 11) is 0. The van der Waals surface area contributed by atoms with E-state index in [1.54, 1.807) is 48.5 Å². The van der Waals surface area contributed by atoms with Crippen molar-refractivity contribution in [1.29, 1.82) is 0 Å². The highest BCUT2D eigenvalue weighted by atomic mass is 19.4. The number of carbonyl (C=O) groups is 2. The minimum atomic E-state index is -4.70. The second kappa shape index (κ2) is 10.6. The van der Waals surface area contributed by atoms with Crippen molar-refractivity contribution >= 4 is 34.6 Å². The van der Waals surface area contributed by atoms with Gasteiger partial charge in [-0.15, -0.1) is 0 Å². The summed E-state index contributed by atoms with van der Waals surface area (Å²) in [4.78, 5) is 24.9. The third-order valence-electron chi connectivity index (χ3n) is 5.86. The Labute approximate surface area is 223 Å². The van der Waals surface area contributed by atoms with Crippen molar-refractivity contribution in [2.75, 3.05) is 22.1 Å². The second-order valence-corrected chi connectivity index (χ2v) is 8.66. The zero-order valence-electron chi connectivity index (χ0n) is 20.3. The van der Waals surface area contributed by atoms with Crippen LogP contribution < -0.4 is 22.1 Å². The normalized spacial score (nSPS) is 11.7. The van der Waals surface area contributed by atoms with E-state index in [1.807, 2.05) is 0 Å². The lowest BCUT2D eigenvalue weighted by Gasteiger charge is -2.12. The fourth-order valence-electron chi connectivity index (χ4n) is 3.78. The van der Waals surface area contributed by atoms with Crippen LogP contribution >= 0.6 is 0 Å². The van der Waals surface area contributed by atoms with Gasteiger partial charge >= 0.3 is 12.4 Å². The molecule has 40 heavy (non-hydrogen) atoms. The van der Waals surface area contributed by atoms with E-state index in [4.69, 9.17) is 11.5 Å². The summed E-state index contributed by atoms with van der Waals surface area (Å²) in [6.45, 7) is 0. The van der Waals surface area contributed by atoms with Gasteiger partial charge in [-0.1, -0.05) is 24.3 Å². The van der Waals surface area contributed by atoms with E-state index >= 15 is 0 Å². The Balaban J connectivity index is 1.42. The first-order valence-electron chi connectivity index (χ1n) is 11.5. The largest absolute Gasteiger partial charge is 0.418 e. The standard InChI is InChI=1S/C28H20F6N4O2/c29-27(30,31)21-13-17(5-11-23(21)35)25(39)37-19-7-1-15(2-8-19)16-3-9-20(10-4-16)38-26(40)18-6-12-24(36)22(14-18)28(32,33)34/h1-14H,35-36H2,(H,37,39)(H,38,40). The lowest BCUT2D eigenvalue weighted by Crippen LogP contribution is -2.15. The number of carbonyl (C=O) groups excluding carboxylic acids is 2. The van der Waals surface area contributed by atoms with E-state index in [-0.39, 0.29) is 11.1 Å². The number of nitrogens with one attached hydrogen (secondary N) is 2. The van der Waals surface area contributed by atoms with Gasteiger partial charge in [-0.25, -0.2) is 0 Å². The van der Waals surface area contributed by atoms with Crippen LogP contribution in [0.2, 0.25) is 0 Å². The van der Waals surface area contributed by atoms with Crippen LogP contribution in [0.4, 0.5) is 49.1 Å². The monoisotopic (exact) mass is 558 g/mol. The molecule has 0 saturated carbocycles. The Morgan fingerprint density at radius 1 is 0.525 bits per heavy atom. The van der Waals surface area contributed by atoms with Gasteiger partial charge in [-0.3, -0.25) is 9.59 Å². The highest BCUT2D eigenvalue weighted by molar-refractivity contribution is 6.05. The fraction of sp³-hybridized carbons (Fsp3) is 0.0714. The molecule has 12 heteroatoms. The van der Waals surface area contributed by atoms with Crippen molar-refractivity contribution in [3.63, 3.8) is 0 Å². The Bertz CT molecular complexity index is 1450. The van der Waals surface area contributed by atoms with E-state index < -0.39 is 46.7 Å². The van der Waals surface area contributed by atoms with Crippen LogP contribution in [0.5, 0.6) is 0 Å². The third kappa shape index (κ3) is 6.34. The predicted octanol–water partition coefficient (Wildman–Crippen LogP) is 7.06. The van der Waals surface area contributed by atoms with E-state index in [0.717, 1.165) is 23.3 Å². The number of benzene rings is 4. The Kier molecular flexibility index (Phi) is 7.45. The highest BCUT2D eigenvalue weighted by Crippen LogP contribution is 2.35. The molecule has 6 nitrogen and oxygen atoms in total. The molecule has 4 rings (SSSR count). The van der Waals surface area contributed by atoms with Gasteiger partial charge in [-0.05, 0) is 71.8 Å². The van der Waals surface area contributed by atoms with Gasteiger partial charge in [0.1, 0.15) is 0 Å². The van der Waals surface area contributed by atoms with Crippen LogP contribution in [0.15, 0.2) is 84.9 Å². The molecule has 206 valence electrons. The molecule has 0 aliphatic rings. The van der Waals surface area contributed by atoms with Gasteiger partial charge in [0.25, 0.3) is 11.8 Å². The first kappa shape index (κ1) is 28.0. The zero-order valence-corrected chi connectivity index (χ0v) is 20.3. The van der Waals surface area contributed by atoms with Crippen LogP contribution in [-0.2, 0) is 12.4 Å². The van der Waals surface area contributed by atoms with Crippen molar-refractivity contribution in [3.8, 4) is 11.1 Å². The maximum Gasteiger partial charge on any atom is 0.418 e. The molecule has 0 spiro atoms. The summed E-state index contributed by atoms with van der Waals surface area (Å²) in [6, 6.07) is 18.7. The predicted molar refractivity (Wildman–Crippen MR) is 139 cm³/mol. The van der Waals surface area contributed by atoms with Crippen LogP contribution in [0.1, 0.15) is 31.8 Å². The van der Waals surface area contributed by atoms with Gasteiger partial charge in [-0.2, -0.15) is 26.3 Å². The van der Waals surface area contributed by atoms with Gasteiger partial charge in [0, 0.05) is 33.9 Å². The molecule has 0 unspecified atom stereocenters. The number of alkyl halides is 6. The number of amides is 2. The quantitative estimate of drug-likeness (QED) is 0.155. The molecule has 0 bridgehead atoms.